The van der Waals surface area contributed by atoms with E-state index in [-0.39, 0.29) is 12.2 Å². The van der Waals surface area contributed by atoms with Gasteiger partial charge in [0.15, 0.2) is 6.23 Å². The second-order valence-corrected chi connectivity index (χ2v) is 6.30. The van der Waals surface area contributed by atoms with Crippen molar-refractivity contribution in [3.63, 3.8) is 0 Å². The summed E-state index contributed by atoms with van der Waals surface area (Å²) in [5.74, 6) is 1.01. The van der Waals surface area contributed by atoms with Gasteiger partial charge in [0.2, 0.25) is 5.88 Å². The maximum atomic E-state index is 12.3. The average Bonchev–Trinajstić information content (AvgIpc) is 2.63. The van der Waals surface area contributed by atoms with Crippen molar-refractivity contribution in [2.45, 2.75) is 45.4 Å². The number of ether oxygens (including phenoxy) is 2. The Labute approximate surface area is 152 Å². The van der Waals surface area contributed by atoms with Gasteiger partial charge in [-0.1, -0.05) is 0 Å². The molecule has 1 amide bonds. The molecule has 8 nitrogen and oxygen atoms in total. The maximum absolute atomic E-state index is 12.3. The van der Waals surface area contributed by atoms with Gasteiger partial charge in [-0.2, -0.15) is 0 Å². The van der Waals surface area contributed by atoms with E-state index in [0.29, 0.717) is 18.2 Å². The number of hydrogen-bond acceptors (Lipinski definition) is 7. The highest BCUT2D eigenvalue weighted by Gasteiger charge is 2.30. The van der Waals surface area contributed by atoms with E-state index in [1.807, 2.05) is 26.0 Å². The number of anilines is 2. The molecule has 0 spiro atoms. The number of rotatable bonds is 5. The van der Waals surface area contributed by atoms with Crippen LogP contribution in [0.2, 0.25) is 0 Å². The van der Waals surface area contributed by atoms with Crippen LogP contribution in [0.25, 0.3) is 0 Å². The number of nitrogens with one attached hydrogen (secondary N) is 1. The molecule has 1 atom stereocenters. The van der Waals surface area contributed by atoms with Crippen LogP contribution in [0.3, 0.4) is 0 Å². The lowest BCUT2D eigenvalue weighted by Crippen LogP contribution is -2.47. The van der Waals surface area contributed by atoms with E-state index in [0.717, 1.165) is 24.9 Å². The standard InChI is InChI=1S/C18H23N5O3/c1-13(2)25-18(24)23-10-4-3-5-17(23)26-16-11-15(20-12-21-16)22-14-6-8-19-9-7-14/h6-9,11-13,17H,3-5,10H2,1-2H3,(H,19,20,21,22). The molecule has 1 aliphatic heterocycles. The third-order valence-corrected chi connectivity index (χ3v) is 3.87. The van der Waals surface area contributed by atoms with Crippen LogP contribution in [0.15, 0.2) is 36.9 Å². The van der Waals surface area contributed by atoms with E-state index in [2.05, 4.69) is 20.3 Å². The number of piperidine rings is 1. The zero-order valence-corrected chi connectivity index (χ0v) is 15.0. The molecule has 138 valence electrons. The molecule has 8 heteroatoms. The quantitative estimate of drug-likeness (QED) is 0.877. The molecule has 1 unspecified atom stereocenters. The van der Waals surface area contributed by atoms with Gasteiger partial charge in [0, 0.05) is 37.1 Å². The summed E-state index contributed by atoms with van der Waals surface area (Å²) < 4.78 is 11.3. The smallest absolute Gasteiger partial charge is 0.412 e. The van der Waals surface area contributed by atoms with Gasteiger partial charge in [-0.25, -0.2) is 14.8 Å². The highest BCUT2D eigenvalue weighted by atomic mass is 16.6. The number of amides is 1. The average molecular weight is 357 g/mol. The summed E-state index contributed by atoms with van der Waals surface area (Å²) in [6.07, 6.45) is 6.58. The Bertz CT molecular complexity index is 726. The molecule has 0 radical (unpaired) electrons. The summed E-state index contributed by atoms with van der Waals surface area (Å²) in [6, 6.07) is 5.39. The molecule has 0 aromatic carbocycles. The SMILES string of the molecule is CC(C)OC(=O)N1CCCCC1Oc1cc(Nc2ccncc2)ncn1. The second kappa shape index (κ2) is 8.46. The fourth-order valence-electron chi connectivity index (χ4n) is 2.70. The van der Waals surface area contributed by atoms with Crippen LogP contribution in [0, 0.1) is 0 Å². The number of aromatic nitrogens is 3. The topological polar surface area (TPSA) is 89.5 Å². The monoisotopic (exact) mass is 357 g/mol. The lowest BCUT2D eigenvalue weighted by Gasteiger charge is -2.34. The molecule has 1 saturated heterocycles. The molecule has 1 aliphatic rings. The van der Waals surface area contributed by atoms with Crippen LogP contribution in [0.1, 0.15) is 33.1 Å². The minimum Gasteiger partial charge on any atom is -0.453 e. The van der Waals surface area contributed by atoms with Crippen LogP contribution in [-0.2, 0) is 4.74 Å². The zero-order chi connectivity index (χ0) is 18.4. The molecular formula is C18H23N5O3. The van der Waals surface area contributed by atoms with E-state index in [4.69, 9.17) is 9.47 Å². The fraction of sp³-hybridized carbons (Fsp3) is 0.444. The largest absolute Gasteiger partial charge is 0.453 e. The zero-order valence-electron chi connectivity index (χ0n) is 15.0. The van der Waals surface area contributed by atoms with Crippen LogP contribution in [-0.4, -0.2) is 44.8 Å². The second-order valence-electron chi connectivity index (χ2n) is 6.30. The van der Waals surface area contributed by atoms with Crippen molar-refractivity contribution in [3.05, 3.63) is 36.9 Å². The normalized spacial score (nSPS) is 17.0. The van der Waals surface area contributed by atoms with E-state index in [1.165, 1.54) is 6.33 Å². The Morgan fingerprint density at radius 2 is 2.08 bits per heavy atom. The number of likely N-dealkylation sites (tertiary alicyclic amines) is 1. The van der Waals surface area contributed by atoms with Crippen molar-refractivity contribution >= 4 is 17.6 Å². The summed E-state index contributed by atoms with van der Waals surface area (Å²) in [4.78, 5) is 26.3. The molecule has 0 bridgehead atoms. The Kier molecular flexibility index (Phi) is 5.83. The van der Waals surface area contributed by atoms with Gasteiger partial charge in [0.05, 0.1) is 6.10 Å². The molecule has 1 fully saturated rings. The van der Waals surface area contributed by atoms with Crippen molar-refractivity contribution in [2.24, 2.45) is 0 Å². The highest BCUT2D eigenvalue weighted by Crippen LogP contribution is 2.23. The van der Waals surface area contributed by atoms with Crippen LogP contribution in [0.5, 0.6) is 5.88 Å². The van der Waals surface area contributed by atoms with Gasteiger partial charge < -0.3 is 14.8 Å². The molecule has 26 heavy (non-hydrogen) atoms. The van der Waals surface area contributed by atoms with Crippen molar-refractivity contribution < 1.29 is 14.3 Å². The maximum Gasteiger partial charge on any atom is 0.412 e. The molecule has 0 saturated carbocycles. The van der Waals surface area contributed by atoms with Crippen molar-refractivity contribution in [1.29, 1.82) is 0 Å². The Balaban J connectivity index is 1.68. The summed E-state index contributed by atoms with van der Waals surface area (Å²) in [6.45, 7) is 4.28. The molecule has 2 aromatic heterocycles. The third-order valence-electron chi connectivity index (χ3n) is 3.87. The van der Waals surface area contributed by atoms with E-state index < -0.39 is 6.23 Å². The van der Waals surface area contributed by atoms with Gasteiger partial charge in [-0.3, -0.25) is 9.88 Å². The molecular weight excluding hydrogens is 334 g/mol. The van der Waals surface area contributed by atoms with E-state index in [9.17, 15) is 4.79 Å². The molecule has 0 aliphatic carbocycles. The van der Waals surface area contributed by atoms with Gasteiger partial charge in [0.1, 0.15) is 12.1 Å². The summed E-state index contributed by atoms with van der Waals surface area (Å²) >= 11 is 0. The first kappa shape index (κ1) is 17.9. The van der Waals surface area contributed by atoms with Crippen molar-refractivity contribution in [2.75, 3.05) is 11.9 Å². The first-order valence-corrected chi connectivity index (χ1v) is 8.75. The Hall–Kier alpha value is -2.90. The van der Waals surface area contributed by atoms with Crippen molar-refractivity contribution in [1.82, 2.24) is 19.9 Å². The van der Waals surface area contributed by atoms with Gasteiger partial charge in [-0.05, 0) is 38.8 Å². The lowest BCUT2D eigenvalue weighted by atomic mass is 10.1. The van der Waals surface area contributed by atoms with Crippen LogP contribution in [0.4, 0.5) is 16.3 Å². The number of nitrogens with zero attached hydrogens (tertiary/aromatic N) is 4. The van der Waals surface area contributed by atoms with E-state index in [1.54, 1.807) is 23.4 Å². The first-order chi connectivity index (χ1) is 12.6. The summed E-state index contributed by atoms with van der Waals surface area (Å²) in [5, 5.41) is 3.17. The van der Waals surface area contributed by atoms with Gasteiger partial charge >= 0.3 is 6.09 Å². The predicted molar refractivity (Wildman–Crippen MR) is 96.1 cm³/mol. The number of hydrogen-bond donors (Lipinski definition) is 1. The van der Waals surface area contributed by atoms with Crippen LogP contribution >= 0.6 is 0 Å². The molecule has 3 heterocycles. The Morgan fingerprint density at radius 3 is 2.85 bits per heavy atom. The summed E-state index contributed by atoms with van der Waals surface area (Å²) in [5.41, 5.74) is 0.865. The number of pyridine rings is 1. The third kappa shape index (κ3) is 4.81. The van der Waals surface area contributed by atoms with Crippen LogP contribution < -0.4 is 10.1 Å². The minimum absolute atomic E-state index is 0.166. The Morgan fingerprint density at radius 1 is 1.27 bits per heavy atom. The fourth-order valence-corrected chi connectivity index (χ4v) is 2.70. The van der Waals surface area contributed by atoms with E-state index >= 15 is 0 Å². The minimum atomic E-state index is -0.390. The first-order valence-electron chi connectivity index (χ1n) is 8.75. The molecule has 2 aromatic rings. The highest BCUT2D eigenvalue weighted by molar-refractivity contribution is 5.68. The number of carbonyl (C=O) groups is 1. The molecule has 1 N–H and O–H groups in total. The van der Waals surface area contributed by atoms with Gasteiger partial charge in [-0.15, -0.1) is 0 Å². The lowest BCUT2D eigenvalue weighted by molar-refractivity contribution is -0.0162. The van der Waals surface area contributed by atoms with Gasteiger partial charge in [0.25, 0.3) is 0 Å². The summed E-state index contributed by atoms with van der Waals surface area (Å²) in [7, 11) is 0. The van der Waals surface area contributed by atoms with Crippen molar-refractivity contribution in [3.8, 4) is 5.88 Å². The predicted octanol–water partition coefficient (Wildman–Crippen LogP) is 3.35. The number of carbonyl (C=O) groups excluding carboxylic acids is 1. The molecule has 3 rings (SSSR count).